The van der Waals surface area contributed by atoms with Gasteiger partial charge in [-0.05, 0) is 36.2 Å². The fourth-order valence-electron chi connectivity index (χ4n) is 1.87. The van der Waals surface area contributed by atoms with Crippen LogP contribution in [0.3, 0.4) is 0 Å². The average Bonchev–Trinajstić information content (AvgIpc) is 2.35. The molecule has 0 saturated heterocycles. The van der Waals surface area contributed by atoms with E-state index in [1.54, 1.807) is 13.0 Å². The van der Waals surface area contributed by atoms with Crippen LogP contribution in [0.1, 0.15) is 22.8 Å². The molecule has 0 aliphatic rings. The summed E-state index contributed by atoms with van der Waals surface area (Å²) in [6.45, 7) is 1.68. The van der Waals surface area contributed by atoms with E-state index in [1.807, 2.05) is 0 Å². The maximum Gasteiger partial charge on any atom is 0.194 e. The van der Waals surface area contributed by atoms with Crippen molar-refractivity contribution < 1.29 is 18.3 Å². The first-order chi connectivity index (χ1) is 8.91. The highest BCUT2D eigenvalue weighted by Crippen LogP contribution is 2.29. The van der Waals surface area contributed by atoms with E-state index in [9.17, 15) is 18.3 Å². The van der Waals surface area contributed by atoms with E-state index >= 15 is 0 Å². The van der Waals surface area contributed by atoms with Gasteiger partial charge in [0.2, 0.25) is 0 Å². The minimum atomic E-state index is -1.59. The molecule has 1 N–H and O–H groups in total. The third-order valence-corrected chi connectivity index (χ3v) is 3.12. The van der Waals surface area contributed by atoms with Crippen molar-refractivity contribution in [1.82, 2.24) is 0 Å². The minimum absolute atomic E-state index is 0.315. The third kappa shape index (κ3) is 2.60. The lowest BCUT2D eigenvalue weighted by Crippen LogP contribution is -2.07. The Morgan fingerprint density at radius 2 is 1.63 bits per heavy atom. The monoisotopic (exact) mass is 286 g/mol. The van der Waals surface area contributed by atoms with Gasteiger partial charge >= 0.3 is 0 Å². The van der Waals surface area contributed by atoms with Crippen molar-refractivity contribution in [3.63, 3.8) is 0 Å². The fourth-order valence-corrected chi connectivity index (χ4v) is 2.09. The second kappa shape index (κ2) is 5.23. The molecular formula is C14H10ClF3O. The van der Waals surface area contributed by atoms with Gasteiger partial charge in [0.1, 0.15) is 6.10 Å². The molecule has 1 unspecified atom stereocenters. The van der Waals surface area contributed by atoms with Crippen LogP contribution in [0.4, 0.5) is 13.2 Å². The summed E-state index contributed by atoms with van der Waals surface area (Å²) in [6.07, 6.45) is -1.38. The molecule has 5 heteroatoms. The Bertz CT molecular complexity index is 628. The number of halogens is 4. The van der Waals surface area contributed by atoms with Gasteiger partial charge in [-0.2, -0.15) is 0 Å². The normalized spacial score (nSPS) is 12.5. The largest absolute Gasteiger partial charge is 0.384 e. The summed E-state index contributed by atoms with van der Waals surface area (Å²) >= 11 is 5.78. The highest BCUT2D eigenvalue weighted by atomic mass is 35.5. The second-order valence-corrected chi connectivity index (χ2v) is 4.60. The SMILES string of the molecule is Cc1cc(Cl)ccc1C(O)c1ccc(F)c(F)c1F. The molecule has 100 valence electrons. The van der Waals surface area contributed by atoms with E-state index < -0.39 is 23.6 Å². The number of benzene rings is 2. The Balaban J connectivity index is 2.50. The van der Waals surface area contributed by atoms with Gasteiger partial charge in [-0.3, -0.25) is 0 Å². The molecule has 2 aromatic rings. The summed E-state index contributed by atoms with van der Waals surface area (Å²) in [4.78, 5) is 0. The van der Waals surface area contributed by atoms with E-state index in [2.05, 4.69) is 0 Å². The maximum absolute atomic E-state index is 13.6. The van der Waals surface area contributed by atoms with Crippen LogP contribution in [-0.2, 0) is 0 Å². The van der Waals surface area contributed by atoms with Crippen molar-refractivity contribution in [3.05, 3.63) is 69.5 Å². The molecule has 0 aromatic heterocycles. The highest BCUT2D eigenvalue weighted by molar-refractivity contribution is 6.30. The molecule has 0 aliphatic carbocycles. The van der Waals surface area contributed by atoms with Crippen LogP contribution in [0.15, 0.2) is 30.3 Å². The predicted molar refractivity (Wildman–Crippen MR) is 66.6 cm³/mol. The zero-order valence-corrected chi connectivity index (χ0v) is 10.7. The number of aliphatic hydroxyl groups is 1. The smallest absolute Gasteiger partial charge is 0.194 e. The van der Waals surface area contributed by atoms with Gasteiger partial charge in [0.05, 0.1) is 0 Å². The molecule has 0 heterocycles. The summed E-state index contributed by atoms with van der Waals surface area (Å²) < 4.78 is 39.6. The van der Waals surface area contributed by atoms with Crippen molar-refractivity contribution in [3.8, 4) is 0 Å². The van der Waals surface area contributed by atoms with E-state index in [0.29, 0.717) is 16.1 Å². The minimum Gasteiger partial charge on any atom is -0.384 e. The molecule has 0 fully saturated rings. The van der Waals surface area contributed by atoms with Gasteiger partial charge in [0.15, 0.2) is 17.5 Å². The van der Waals surface area contributed by atoms with Crippen LogP contribution in [-0.4, -0.2) is 5.11 Å². The molecule has 0 spiro atoms. The second-order valence-electron chi connectivity index (χ2n) is 4.17. The first kappa shape index (κ1) is 13.9. The van der Waals surface area contributed by atoms with Crippen LogP contribution in [0.2, 0.25) is 5.02 Å². The number of aryl methyl sites for hydroxylation is 1. The van der Waals surface area contributed by atoms with Crippen molar-refractivity contribution in [2.75, 3.05) is 0 Å². The Morgan fingerprint density at radius 1 is 1.00 bits per heavy atom. The van der Waals surface area contributed by atoms with Gasteiger partial charge < -0.3 is 5.11 Å². The molecule has 0 amide bonds. The summed E-state index contributed by atoms with van der Waals surface area (Å²) in [6, 6.07) is 6.44. The Hall–Kier alpha value is -1.52. The fraction of sp³-hybridized carbons (Fsp3) is 0.143. The summed E-state index contributed by atoms with van der Waals surface area (Å²) in [7, 11) is 0. The van der Waals surface area contributed by atoms with Crippen molar-refractivity contribution in [2.45, 2.75) is 13.0 Å². The van der Waals surface area contributed by atoms with Gasteiger partial charge in [0, 0.05) is 10.6 Å². The van der Waals surface area contributed by atoms with E-state index in [0.717, 1.165) is 12.1 Å². The van der Waals surface area contributed by atoms with Crippen LogP contribution in [0.25, 0.3) is 0 Å². The van der Waals surface area contributed by atoms with E-state index in [1.165, 1.54) is 12.1 Å². The molecule has 1 atom stereocenters. The molecule has 0 bridgehead atoms. The number of hydrogen-bond acceptors (Lipinski definition) is 1. The van der Waals surface area contributed by atoms with Crippen LogP contribution < -0.4 is 0 Å². The third-order valence-electron chi connectivity index (χ3n) is 2.89. The number of aliphatic hydroxyl groups excluding tert-OH is 1. The summed E-state index contributed by atoms with van der Waals surface area (Å²) in [5, 5.41) is 10.6. The van der Waals surface area contributed by atoms with Gasteiger partial charge in [-0.15, -0.1) is 0 Å². The zero-order chi connectivity index (χ0) is 14.2. The standard InChI is InChI=1S/C14H10ClF3O/c1-7-6-8(15)2-3-9(7)14(19)10-4-5-11(16)13(18)12(10)17/h2-6,14,19H,1H3. The van der Waals surface area contributed by atoms with Crippen LogP contribution >= 0.6 is 11.6 Å². The topological polar surface area (TPSA) is 20.2 Å². The lowest BCUT2D eigenvalue weighted by Gasteiger charge is -2.15. The van der Waals surface area contributed by atoms with E-state index in [-0.39, 0.29) is 5.56 Å². The molecular weight excluding hydrogens is 277 g/mol. The number of hydrogen-bond donors (Lipinski definition) is 1. The molecule has 2 rings (SSSR count). The lowest BCUT2D eigenvalue weighted by atomic mass is 9.97. The molecule has 2 aromatic carbocycles. The van der Waals surface area contributed by atoms with Gasteiger partial charge in [-0.25, -0.2) is 13.2 Å². The summed E-state index contributed by atoms with van der Waals surface area (Å²) in [5.41, 5.74) is 0.697. The first-order valence-electron chi connectivity index (χ1n) is 5.49. The van der Waals surface area contributed by atoms with Crippen LogP contribution in [0.5, 0.6) is 0 Å². The predicted octanol–water partition coefficient (Wildman–Crippen LogP) is 4.15. The molecule has 1 nitrogen and oxygen atoms in total. The number of rotatable bonds is 2. The van der Waals surface area contributed by atoms with E-state index in [4.69, 9.17) is 11.6 Å². The quantitative estimate of drug-likeness (QED) is 0.822. The first-order valence-corrected chi connectivity index (χ1v) is 5.87. The van der Waals surface area contributed by atoms with Crippen molar-refractivity contribution in [2.24, 2.45) is 0 Å². The van der Waals surface area contributed by atoms with Crippen molar-refractivity contribution in [1.29, 1.82) is 0 Å². The Morgan fingerprint density at radius 3 is 2.26 bits per heavy atom. The van der Waals surface area contributed by atoms with Crippen LogP contribution in [0, 0.1) is 24.4 Å². The van der Waals surface area contributed by atoms with Gasteiger partial charge in [-0.1, -0.05) is 23.7 Å². The molecule has 0 radical (unpaired) electrons. The Labute approximate surface area is 113 Å². The van der Waals surface area contributed by atoms with Crippen molar-refractivity contribution >= 4 is 11.6 Å². The maximum atomic E-state index is 13.6. The Kier molecular flexibility index (Phi) is 3.83. The average molecular weight is 287 g/mol. The highest BCUT2D eigenvalue weighted by Gasteiger charge is 2.21. The molecule has 0 saturated carbocycles. The van der Waals surface area contributed by atoms with Gasteiger partial charge in [0.25, 0.3) is 0 Å². The zero-order valence-electron chi connectivity index (χ0n) is 9.92. The molecule has 0 aliphatic heterocycles. The lowest BCUT2D eigenvalue weighted by molar-refractivity contribution is 0.212. The molecule has 19 heavy (non-hydrogen) atoms. The summed E-state index contributed by atoms with van der Waals surface area (Å²) in [5.74, 6) is -4.27.